The number of aromatic nitrogens is 1. The molecule has 0 spiro atoms. The van der Waals surface area contributed by atoms with E-state index < -0.39 is 15.7 Å². The minimum atomic E-state index is -3.21. The highest BCUT2D eigenvalue weighted by Crippen LogP contribution is 2.29. The van der Waals surface area contributed by atoms with Crippen LogP contribution in [0.3, 0.4) is 0 Å². The topological polar surface area (TPSA) is 47.0 Å². The normalized spacial score (nSPS) is 11.5. The Morgan fingerprint density at radius 3 is 2.42 bits per heavy atom. The van der Waals surface area contributed by atoms with Crippen molar-refractivity contribution in [3.8, 4) is 0 Å². The highest BCUT2D eigenvalue weighted by Gasteiger charge is 2.09. The maximum atomic E-state index is 13.6. The van der Waals surface area contributed by atoms with Crippen molar-refractivity contribution in [2.24, 2.45) is 0 Å². The van der Waals surface area contributed by atoms with E-state index >= 15 is 0 Å². The van der Waals surface area contributed by atoms with Crippen LogP contribution in [-0.4, -0.2) is 19.7 Å². The molecular weight excluding hydrogens is 353 g/mol. The molecule has 0 aliphatic heterocycles. The number of rotatable bonds is 3. The van der Waals surface area contributed by atoms with E-state index in [1.165, 1.54) is 24.4 Å². The highest BCUT2D eigenvalue weighted by atomic mass is 79.9. The quantitative estimate of drug-likeness (QED) is 0.838. The van der Waals surface area contributed by atoms with Gasteiger partial charge in [0.1, 0.15) is 5.03 Å². The lowest BCUT2D eigenvalue weighted by molar-refractivity contribution is 0.586. The van der Waals surface area contributed by atoms with Gasteiger partial charge in [-0.1, -0.05) is 11.8 Å². The zero-order chi connectivity index (χ0) is 14.0. The Kier molecular flexibility index (Phi) is 4.27. The molecule has 2 aromatic rings. The fourth-order valence-electron chi connectivity index (χ4n) is 1.34. The Morgan fingerprint density at radius 2 is 1.89 bits per heavy atom. The minimum Gasteiger partial charge on any atom is -0.245 e. The molecule has 2 rings (SSSR count). The number of halogens is 2. The molecule has 1 aromatic carbocycles. The third-order valence-corrected chi connectivity index (χ3v) is 4.80. The van der Waals surface area contributed by atoms with Crippen molar-refractivity contribution >= 4 is 37.5 Å². The molecule has 0 amide bonds. The molecule has 0 bridgehead atoms. The fourth-order valence-corrected chi connectivity index (χ4v) is 3.03. The Hall–Kier alpha value is -0.920. The SMILES string of the molecule is CS(=O)(=O)c1ccc(Sc2ncc(Br)cc2F)cc1. The summed E-state index contributed by atoms with van der Waals surface area (Å²) in [5.41, 5.74) is 0. The molecule has 1 heterocycles. The Labute approximate surface area is 123 Å². The highest BCUT2D eigenvalue weighted by molar-refractivity contribution is 9.10. The summed E-state index contributed by atoms with van der Waals surface area (Å²) in [5.74, 6) is -0.424. The monoisotopic (exact) mass is 361 g/mol. The van der Waals surface area contributed by atoms with Crippen LogP contribution in [0.25, 0.3) is 0 Å². The number of hydrogen-bond acceptors (Lipinski definition) is 4. The Morgan fingerprint density at radius 1 is 1.26 bits per heavy atom. The molecule has 0 radical (unpaired) electrons. The molecule has 0 saturated heterocycles. The van der Waals surface area contributed by atoms with Gasteiger partial charge in [0.2, 0.25) is 0 Å². The van der Waals surface area contributed by atoms with Gasteiger partial charge in [0, 0.05) is 21.8 Å². The number of pyridine rings is 1. The third-order valence-electron chi connectivity index (χ3n) is 2.24. The van der Waals surface area contributed by atoms with E-state index in [2.05, 4.69) is 20.9 Å². The Balaban J connectivity index is 2.25. The molecule has 0 saturated carbocycles. The molecule has 3 nitrogen and oxygen atoms in total. The van der Waals surface area contributed by atoms with E-state index in [0.29, 0.717) is 4.47 Å². The van der Waals surface area contributed by atoms with Crippen molar-refractivity contribution < 1.29 is 12.8 Å². The summed E-state index contributed by atoms with van der Waals surface area (Å²) in [6.45, 7) is 0. The molecular formula is C12H9BrFNO2S2. The molecule has 0 aliphatic carbocycles. The number of nitrogens with zero attached hydrogens (tertiary/aromatic N) is 1. The van der Waals surface area contributed by atoms with Gasteiger partial charge in [-0.15, -0.1) is 0 Å². The lowest BCUT2D eigenvalue weighted by atomic mass is 10.4. The second kappa shape index (κ2) is 5.60. The molecule has 19 heavy (non-hydrogen) atoms. The van der Waals surface area contributed by atoms with E-state index in [1.807, 2.05) is 0 Å². The van der Waals surface area contributed by atoms with E-state index in [0.717, 1.165) is 22.9 Å². The molecule has 0 N–H and O–H groups in total. The van der Waals surface area contributed by atoms with Gasteiger partial charge in [-0.25, -0.2) is 17.8 Å². The lowest BCUT2D eigenvalue weighted by Gasteiger charge is -2.04. The smallest absolute Gasteiger partial charge is 0.175 e. The van der Waals surface area contributed by atoms with Gasteiger partial charge in [0.05, 0.1) is 4.90 Å². The van der Waals surface area contributed by atoms with Crippen LogP contribution in [0.4, 0.5) is 4.39 Å². The summed E-state index contributed by atoms with van der Waals surface area (Å²) < 4.78 is 36.8. The summed E-state index contributed by atoms with van der Waals surface area (Å²) in [5, 5.41) is 0.246. The second-order valence-corrected chi connectivity index (χ2v) is 7.78. The third kappa shape index (κ3) is 3.77. The maximum absolute atomic E-state index is 13.6. The molecule has 0 fully saturated rings. The van der Waals surface area contributed by atoms with E-state index in [4.69, 9.17) is 0 Å². The van der Waals surface area contributed by atoms with Crippen molar-refractivity contribution in [2.75, 3.05) is 6.26 Å². The average molecular weight is 362 g/mol. The standard InChI is InChI=1S/C12H9BrFNO2S2/c1-19(16,17)10-4-2-9(3-5-10)18-12-11(14)6-8(13)7-15-12/h2-7H,1H3. The predicted molar refractivity (Wildman–Crippen MR) is 75.6 cm³/mol. The van der Waals surface area contributed by atoms with Gasteiger partial charge >= 0.3 is 0 Å². The lowest BCUT2D eigenvalue weighted by Crippen LogP contribution is -1.96. The molecule has 1 aromatic heterocycles. The summed E-state index contributed by atoms with van der Waals surface area (Å²) in [4.78, 5) is 4.93. The summed E-state index contributed by atoms with van der Waals surface area (Å²) >= 11 is 4.28. The van der Waals surface area contributed by atoms with Gasteiger partial charge in [-0.2, -0.15) is 0 Å². The van der Waals surface area contributed by atoms with E-state index in [-0.39, 0.29) is 9.92 Å². The number of sulfone groups is 1. The first-order valence-corrected chi connectivity index (χ1v) is 8.65. The molecule has 100 valence electrons. The van der Waals surface area contributed by atoms with Gasteiger partial charge in [0.25, 0.3) is 0 Å². The molecule has 0 unspecified atom stereocenters. The first kappa shape index (κ1) is 14.5. The van der Waals surface area contributed by atoms with Crippen LogP contribution in [0.15, 0.2) is 55.8 Å². The first-order chi connectivity index (χ1) is 8.86. The first-order valence-electron chi connectivity index (χ1n) is 5.15. The van der Waals surface area contributed by atoms with Crippen LogP contribution in [0, 0.1) is 5.82 Å². The van der Waals surface area contributed by atoms with Crippen molar-refractivity contribution in [1.82, 2.24) is 4.98 Å². The van der Waals surface area contributed by atoms with Crippen LogP contribution in [0.5, 0.6) is 0 Å². The maximum Gasteiger partial charge on any atom is 0.175 e. The second-order valence-electron chi connectivity index (χ2n) is 3.79. The van der Waals surface area contributed by atoms with Crippen molar-refractivity contribution in [1.29, 1.82) is 0 Å². The van der Waals surface area contributed by atoms with Gasteiger partial charge in [-0.05, 0) is 46.3 Å². The van der Waals surface area contributed by atoms with Gasteiger partial charge in [-0.3, -0.25) is 0 Å². The zero-order valence-corrected chi connectivity index (χ0v) is 13.0. The van der Waals surface area contributed by atoms with E-state index in [1.54, 1.807) is 12.1 Å². The van der Waals surface area contributed by atoms with Gasteiger partial charge < -0.3 is 0 Å². The van der Waals surface area contributed by atoms with Crippen LogP contribution in [0.1, 0.15) is 0 Å². The number of hydrogen-bond donors (Lipinski definition) is 0. The fraction of sp³-hybridized carbons (Fsp3) is 0.0833. The summed E-state index contributed by atoms with van der Waals surface area (Å²) in [6.07, 6.45) is 2.65. The molecule has 0 aliphatic rings. The van der Waals surface area contributed by atoms with Gasteiger partial charge in [0.15, 0.2) is 15.7 Å². The zero-order valence-electron chi connectivity index (χ0n) is 9.80. The van der Waals surface area contributed by atoms with Crippen LogP contribution >= 0.6 is 27.7 Å². The van der Waals surface area contributed by atoms with Crippen LogP contribution in [-0.2, 0) is 9.84 Å². The molecule has 0 atom stereocenters. The summed E-state index contributed by atoms with van der Waals surface area (Å²) in [6, 6.07) is 7.58. The minimum absolute atomic E-state index is 0.237. The largest absolute Gasteiger partial charge is 0.245 e. The van der Waals surface area contributed by atoms with Crippen LogP contribution in [0.2, 0.25) is 0 Å². The van der Waals surface area contributed by atoms with Crippen molar-refractivity contribution in [2.45, 2.75) is 14.8 Å². The van der Waals surface area contributed by atoms with E-state index in [9.17, 15) is 12.8 Å². The average Bonchev–Trinajstić information content (AvgIpc) is 2.32. The molecule has 7 heteroatoms. The summed E-state index contributed by atoms with van der Waals surface area (Å²) in [7, 11) is -3.21. The number of benzene rings is 1. The van der Waals surface area contributed by atoms with Crippen molar-refractivity contribution in [3.63, 3.8) is 0 Å². The van der Waals surface area contributed by atoms with Crippen molar-refractivity contribution in [3.05, 3.63) is 46.8 Å². The van der Waals surface area contributed by atoms with Crippen LogP contribution < -0.4 is 0 Å². The predicted octanol–water partition coefficient (Wildman–Crippen LogP) is 3.54. The Bertz CT molecular complexity index is 702.